The van der Waals surface area contributed by atoms with Crippen molar-refractivity contribution in [3.63, 3.8) is 0 Å². The highest BCUT2D eigenvalue weighted by molar-refractivity contribution is 5.69. The van der Waals surface area contributed by atoms with Crippen LogP contribution in [0.15, 0.2) is 0 Å². The second-order valence-electron chi connectivity index (χ2n) is 9.35. The Morgan fingerprint density at radius 3 is 1.55 bits per heavy atom. The van der Waals surface area contributed by atoms with E-state index in [1.807, 2.05) is 0 Å². The van der Waals surface area contributed by atoms with Crippen LogP contribution >= 0.6 is 0 Å². The van der Waals surface area contributed by atoms with Crippen molar-refractivity contribution in [2.24, 2.45) is 5.92 Å². The molecule has 0 aliphatic heterocycles. The van der Waals surface area contributed by atoms with E-state index >= 15 is 0 Å². The number of unbranched alkanes of at least 4 members (excludes halogenated alkanes) is 13. The van der Waals surface area contributed by atoms with E-state index in [9.17, 15) is 9.59 Å². The molecule has 184 valence electrons. The van der Waals surface area contributed by atoms with Crippen LogP contribution in [0.4, 0.5) is 0 Å². The molecule has 0 aliphatic rings. The van der Waals surface area contributed by atoms with Crippen LogP contribution in [0.2, 0.25) is 0 Å². The third-order valence-electron chi connectivity index (χ3n) is 5.95. The molecule has 0 heterocycles. The summed E-state index contributed by atoms with van der Waals surface area (Å²) in [6, 6.07) is 0. The summed E-state index contributed by atoms with van der Waals surface area (Å²) in [5.41, 5.74) is 0. The average Bonchev–Trinajstić information content (AvgIpc) is 2.74. The Balaban J connectivity index is 3.37. The van der Waals surface area contributed by atoms with Crippen molar-refractivity contribution in [1.82, 2.24) is 0 Å². The van der Waals surface area contributed by atoms with E-state index in [1.54, 1.807) is 0 Å². The zero-order chi connectivity index (χ0) is 23.2. The average molecular weight is 441 g/mol. The van der Waals surface area contributed by atoms with Crippen LogP contribution < -0.4 is 0 Å². The fourth-order valence-corrected chi connectivity index (χ4v) is 3.84. The van der Waals surface area contributed by atoms with Crippen LogP contribution in [-0.2, 0) is 19.1 Å². The zero-order valence-corrected chi connectivity index (χ0v) is 21.2. The summed E-state index contributed by atoms with van der Waals surface area (Å²) in [6.07, 6.45) is 19.6. The molecule has 0 rings (SSSR count). The molecule has 1 atom stereocenters. The largest absolute Gasteiger partial charge is 0.466 e. The minimum Gasteiger partial charge on any atom is -0.466 e. The minimum atomic E-state index is -0.0599. The monoisotopic (exact) mass is 440 g/mol. The van der Waals surface area contributed by atoms with Gasteiger partial charge in [-0.15, -0.1) is 0 Å². The summed E-state index contributed by atoms with van der Waals surface area (Å²) in [5.74, 6) is 0.277. The van der Waals surface area contributed by atoms with Gasteiger partial charge < -0.3 is 9.47 Å². The SMILES string of the molecule is CCCCCCCCCCCOC(=O)CCCCCCCCC(=O)OC(CC)C(C)C. The quantitative estimate of drug-likeness (QED) is 0.126. The number of carbonyl (C=O) groups is 2. The molecule has 0 aliphatic carbocycles. The van der Waals surface area contributed by atoms with Crippen LogP contribution in [0, 0.1) is 5.92 Å². The first-order chi connectivity index (χ1) is 15.0. The predicted molar refractivity (Wildman–Crippen MR) is 130 cm³/mol. The molecule has 0 spiro atoms. The Kier molecular flexibility index (Phi) is 21.4. The highest BCUT2D eigenvalue weighted by Crippen LogP contribution is 2.14. The van der Waals surface area contributed by atoms with E-state index in [0.29, 0.717) is 25.4 Å². The van der Waals surface area contributed by atoms with E-state index in [-0.39, 0.29) is 18.0 Å². The lowest BCUT2D eigenvalue weighted by Crippen LogP contribution is -2.22. The first-order valence-corrected chi connectivity index (χ1v) is 13.4. The maximum absolute atomic E-state index is 11.9. The summed E-state index contributed by atoms with van der Waals surface area (Å²) in [5, 5.41) is 0. The molecule has 0 aromatic rings. The fourth-order valence-electron chi connectivity index (χ4n) is 3.84. The first-order valence-electron chi connectivity index (χ1n) is 13.4. The lowest BCUT2D eigenvalue weighted by molar-refractivity contribution is -0.151. The van der Waals surface area contributed by atoms with Crippen molar-refractivity contribution in [1.29, 1.82) is 0 Å². The molecule has 0 radical (unpaired) electrons. The van der Waals surface area contributed by atoms with Crippen molar-refractivity contribution in [3.8, 4) is 0 Å². The molecule has 31 heavy (non-hydrogen) atoms. The molecule has 0 bridgehead atoms. The van der Waals surface area contributed by atoms with E-state index < -0.39 is 0 Å². The van der Waals surface area contributed by atoms with Gasteiger partial charge in [-0.3, -0.25) is 9.59 Å². The molecule has 0 saturated carbocycles. The molecular formula is C27H52O4. The molecular weight excluding hydrogens is 388 g/mol. The van der Waals surface area contributed by atoms with Gasteiger partial charge in [0.2, 0.25) is 0 Å². The van der Waals surface area contributed by atoms with Gasteiger partial charge in [-0.05, 0) is 31.6 Å². The van der Waals surface area contributed by atoms with Crippen molar-refractivity contribution < 1.29 is 19.1 Å². The van der Waals surface area contributed by atoms with Gasteiger partial charge in [0.1, 0.15) is 6.10 Å². The van der Waals surface area contributed by atoms with Crippen LogP contribution in [0.5, 0.6) is 0 Å². The second-order valence-corrected chi connectivity index (χ2v) is 9.35. The maximum Gasteiger partial charge on any atom is 0.306 e. The minimum absolute atomic E-state index is 0.0436. The van der Waals surface area contributed by atoms with Gasteiger partial charge in [-0.2, -0.15) is 0 Å². The normalized spacial score (nSPS) is 12.2. The zero-order valence-electron chi connectivity index (χ0n) is 21.2. The van der Waals surface area contributed by atoms with Gasteiger partial charge in [0.05, 0.1) is 6.61 Å². The lowest BCUT2D eigenvalue weighted by atomic mass is 10.1. The molecule has 0 saturated heterocycles. The molecule has 0 amide bonds. The van der Waals surface area contributed by atoms with Crippen molar-refractivity contribution in [2.45, 2.75) is 149 Å². The summed E-state index contributed by atoms with van der Waals surface area (Å²) >= 11 is 0. The van der Waals surface area contributed by atoms with Crippen molar-refractivity contribution >= 4 is 11.9 Å². The van der Waals surface area contributed by atoms with Gasteiger partial charge in [-0.25, -0.2) is 0 Å². The third-order valence-corrected chi connectivity index (χ3v) is 5.95. The Labute approximate surface area is 193 Å². The van der Waals surface area contributed by atoms with Crippen molar-refractivity contribution in [2.75, 3.05) is 6.61 Å². The summed E-state index contributed by atoms with van der Waals surface area (Å²) in [7, 11) is 0. The Hall–Kier alpha value is -1.06. The molecule has 4 nitrogen and oxygen atoms in total. The van der Waals surface area contributed by atoms with Gasteiger partial charge >= 0.3 is 11.9 Å². The molecule has 0 N–H and O–H groups in total. The van der Waals surface area contributed by atoms with E-state index in [1.165, 1.54) is 51.4 Å². The van der Waals surface area contributed by atoms with E-state index in [0.717, 1.165) is 51.4 Å². The highest BCUT2D eigenvalue weighted by atomic mass is 16.5. The van der Waals surface area contributed by atoms with E-state index in [4.69, 9.17) is 9.47 Å². The van der Waals surface area contributed by atoms with Crippen LogP contribution in [0.25, 0.3) is 0 Å². The molecule has 0 fully saturated rings. The maximum atomic E-state index is 11.9. The Bertz CT molecular complexity index is 419. The summed E-state index contributed by atoms with van der Waals surface area (Å²) < 4.78 is 10.9. The number of carbonyl (C=O) groups excluding carboxylic acids is 2. The standard InChI is InChI=1S/C27H52O4/c1-5-7-8-9-10-11-14-17-20-23-30-26(28)21-18-15-12-13-16-19-22-27(29)31-25(6-2)24(3)4/h24-25H,5-23H2,1-4H3. The predicted octanol–water partition coefficient (Wildman–Crippen LogP) is 8.16. The Morgan fingerprint density at radius 2 is 1.06 bits per heavy atom. The number of esters is 2. The number of rotatable bonds is 22. The van der Waals surface area contributed by atoms with Gasteiger partial charge in [0.15, 0.2) is 0 Å². The highest BCUT2D eigenvalue weighted by Gasteiger charge is 2.15. The fraction of sp³-hybridized carbons (Fsp3) is 0.926. The van der Waals surface area contributed by atoms with E-state index in [2.05, 4.69) is 27.7 Å². The van der Waals surface area contributed by atoms with Crippen molar-refractivity contribution in [3.05, 3.63) is 0 Å². The van der Waals surface area contributed by atoms with Gasteiger partial charge in [0, 0.05) is 12.8 Å². The van der Waals surface area contributed by atoms with Gasteiger partial charge in [-0.1, -0.05) is 105 Å². The van der Waals surface area contributed by atoms with Crippen LogP contribution in [0.1, 0.15) is 143 Å². The van der Waals surface area contributed by atoms with Crippen LogP contribution in [-0.4, -0.2) is 24.6 Å². The number of hydrogen-bond acceptors (Lipinski definition) is 4. The molecule has 1 unspecified atom stereocenters. The third kappa shape index (κ3) is 20.6. The lowest BCUT2D eigenvalue weighted by Gasteiger charge is -2.19. The summed E-state index contributed by atoms with van der Waals surface area (Å²) in [4.78, 5) is 23.6. The Morgan fingerprint density at radius 1 is 0.613 bits per heavy atom. The smallest absolute Gasteiger partial charge is 0.306 e. The molecule has 0 aromatic heterocycles. The first kappa shape index (κ1) is 29.9. The molecule has 4 heteroatoms. The number of hydrogen-bond donors (Lipinski definition) is 0. The van der Waals surface area contributed by atoms with Gasteiger partial charge in [0.25, 0.3) is 0 Å². The van der Waals surface area contributed by atoms with Crippen LogP contribution in [0.3, 0.4) is 0 Å². The molecule has 0 aromatic carbocycles. The topological polar surface area (TPSA) is 52.6 Å². The second kappa shape index (κ2) is 22.1. The number of ether oxygens (including phenoxy) is 2. The summed E-state index contributed by atoms with van der Waals surface area (Å²) in [6.45, 7) is 9.08.